The minimum absolute atomic E-state index is 0.0139. The number of oxime groups is 1. The Balaban J connectivity index is 2.10. The second-order valence-corrected chi connectivity index (χ2v) is 3.63. The predicted molar refractivity (Wildman–Crippen MR) is 61.6 cm³/mol. The molecule has 0 amide bonds. The molecule has 0 saturated carbocycles. The van der Waals surface area contributed by atoms with Crippen LogP contribution in [-0.4, -0.2) is 30.4 Å². The van der Waals surface area contributed by atoms with Crippen molar-refractivity contribution in [2.75, 3.05) is 0 Å². The van der Waals surface area contributed by atoms with Crippen LogP contribution in [0.2, 0.25) is 0 Å². The summed E-state index contributed by atoms with van der Waals surface area (Å²) in [4.78, 5) is 4.03. The summed E-state index contributed by atoms with van der Waals surface area (Å²) in [5.41, 5.74) is 6.63. The average Bonchev–Trinajstić information content (AvgIpc) is 2.94. The molecule has 0 atom stereocenters. The monoisotopic (exact) mass is 234 g/mol. The van der Waals surface area contributed by atoms with E-state index in [0.29, 0.717) is 12.4 Å². The van der Waals surface area contributed by atoms with Crippen LogP contribution in [-0.2, 0) is 20.0 Å². The molecule has 7 heteroatoms. The van der Waals surface area contributed by atoms with Crippen molar-refractivity contribution >= 4 is 5.84 Å². The van der Waals surface area contributed by atoms with Crippen molar-refractivity contribution in [1.29, 1.82) is 0 Å². The Morgan fingerprint density at radius 3 is 3.00 bits per heavy atom. The fourth-order valence-electron chi connectivity index (χ4n) is 1.65. The molecule has 2 rings (SSSR count). The van der Waals surface area contributed by atoms with Crippen LogP contribution in [0.15, 0.2) is 29.8 Å². The van der Waals surface area contributed by atoms with Gasteiger partial charge in [0.1, 0.15) is 0 Å². The second kappa shape index (κ2) is 4.69. The molecule has 2 aromatic rings. The van der Waals surface area contributed by atoms with Crippen LogP contribution in [0, 0.1) is 0 Å². The maximum atomic E-state index is 8.62. The van der Waals surface area contributed by atoms with Gasteiger partial charge in [-0.2, -0.15) is 5.10 Å². The number of hydrogen-bond acceptors (Lipinski definition) is 4. The van der Waals surface area contributed by atoms with Gasteiger partial charge in [-0.05, 0) is 6.07 Å². The number of imidazole rings is 1. The lowest BCUT2D eigenvalue weighted by atomic mass is 10.3. The summed E-state index contributed by atoms with van der Waals surface area (Å²) in [5, 5.41) is 15.7. The molecule has 0 fully saturated rings. The van der Waals surface area contributed by atoms with Crippen LogP contribution in [0.4, 0.5) is 0 Å². The van der Waals surface area contributed by atoms with Crippen LogP contribution in [0.3, 0.4) is 0 Å². The summed E-state index contributed by atoms with van der Waals surface area (Å²) in [5.74, 6) is 0.481. The van der Waals surface area contributed by atoms with Gasteiger partial charge in [-0.3, -0.25) is 4.68 Å². The van der Waals surface area contributed by atoms with Gasteiger partial charge in [-0.25, -0.2) is 4.98 Å². The fourth-order valence-corrected chi connectivity index (χ4v) is 1.65. The lowest BCUT2D eigenvalue weighted by Gasteiger charge is -2.06. The number of nitrogens with zero attached hydrogens (tertiary/aromatic N) is 5. The summed E-state index contributed by atoms with van der Waals surface area (Å²) in [6.45, 7) is 0.699. The molecule has 0 aliphatic heterocycles. The third-order valence-electron chi connectivity index (χ3n) is 2.58. The van der Waals surface area contributed by atoms with Gasteiger partial charge in [0.15, 0.2) is 5.82 Å². The van der Waals surface area contributed by atoms with Crippen molar-refractivity contribution in [1.82, 2.24) is 19.3 Å². The fraction of sp³-hybridized carbons (Fsp3) is 0.300. The number of hydrogen-bond donors (Lipinski definition) is 2. The maximum Gasteiger partial charge on any atom is 0.206 e. The molecule has 0 aliphatic rings. The van der Waals surface area contributed by atoms with Crippen molar-refractivity contribution in [3.05, 3.63) is 36.2 Å². The minimum Gasteiger partial charge on any atom is -0.409 e. The molecule has 0 unspecified atom stereocenters. The third kappa shape index (κ3) is 2.27. The van der Waals surface area contributed by atoms with Gasteiger partial charge in [0.05, 0.1) is 0 Å². The molecule has 0 aromatic carbocycles. The minimum atomic E-state index is 0.0139. The van der Waals surface area contributed by atoms with E-state index in [1.54, 1.807) is 18.6 Å². The number of amidine groups is 1. The van der Waals surface area contributed by atoms with Gasteiger partial charge in [0, 0.05) is 44.3 Å². The highest BCUT2D eigenvalue weighted by molar-refractivity contribution is 5.93. The maximum absolute atomic E-state index is 8.62. The van der Waals surface area contributed by atoms with Crippen molar-refractivity contribution in [2.24, 2.45) is 17.9 Å². The topological polar surface area (TPSA) is 94.2 Å². The first-order valence-electron chi connectivity index (χ1n) is 5.18. The zero-order valence-corrected chi connectivity index (χ0v) is 9.48. The molecule has 0 aliphatic carbocycles. The zero-order valence-electron chi connectivity index (χ0n) is 9.48. The smallest absolute Gasteiger partial charge is 0.206 e. The van der Waals surface area contributed by atoms with E-state index in [4.69, 9.17) is 10.9 Å². The highest BCUT2D eigenvalue weighted by atomic mass is 16.4. The van der Waals surface area contributed by atoms with Gasteiger partial charge in [0.25, 0.3) is 0 Å². The normalized spacial score (nSPS) is 11.9. The molecular formula is C10H14N6O. The van der Waals surface area contributed by atoms with Crippen molar-refractivity contribution in [3.63, 3.8) is 0 Å². The van der Waals surface area contributed by atoms with Crippen molar-refractivity contribution in [3.8, 4) is 0 Å². The Morgan fingerprint density at radius 1 is 1.53 bits per heavy atom. The molecule has 90 valence electrons. The molecule has 17 heavy (non-hydrogen) atoms. The lowest BCUT2D eigenvalue weighted by molar-refractivity contribution is 0.318. The van der Waals surface area contributed by atoms with Gasteiger partial charge >= 0.3 is 0 Å². The van der Waals surface area contributed by atoms with Crippen LogP contribution >= 0.6 is 0 Å². The Labute approximate surface area is 98.2 Å². The largest absolute Gasteiger partial charge is 0.409 e. The number of aromatic nitrogens is 4. The van der Waals surface area contributed by atoms with Crippen LogP contribution in [0.1, 0.15) is 11.5 Å². The Bertz CT molecular complexity index is 526. The first kappa shape index (κ1) is 11.2. The van der Waals surface area contributed by atoms with E-state index in [1.165, 1.54) is 0 Å². The predicted octanol–water partition coefficient (Wildman–Crippen LogP) is -0.0462. The summed E-state index contributed by atoms with van der Waals surface area (Å²) in [6, 6.07) is 1.96. The van der Waals surface area contributed by atoms with Gasteiger partial charge in [0.2, 0.25) is 5.84 Å². The second-order valence-electron chi connectivity index (χ2n) is 3.63. The quantitative estimate of drug-likeness (QED) is 0.336. The van der Waals surface area contributed by atoms with Crippen LogP contribution in [0.5, 0.6) is 0 Å². The number of aryl methyl sites for hydroxylation is 3. The first-order valence-corrected chi connectivity index (χ1v) is 5.18. The third-order valence-corrected chi connectivity index (χ3v) is 2.58. The van der Waals surface area contributed by atoms with E-state index in [-0.39, 0.29) is 5.84 Å². The molecule has 3 N–H and O–H groups in total. The summed E-state index contributed by atoms with van der Waals surface area (Å²) >= 11 is 0. The molecule has 7 nitrogen and oxygen atoms in total. The van der Waals surface area contributed by atoms with E-state index >= 15 is 0 Å². The zero-order chi connectivity index (χ0) is 12.3. The number of rotatable bonds is 4. The highest BCUT2D eigenvalue weighted by Gasteiger charge is 2.08. The van der Waals surface area contributed by atoms with Crippen LogP contribution < -0.4 is 5.73 Å². The van der Waals surface area contributed by atoms with Crippen molar-refractivity contribution in [2.45, 2.75) is 13.0 Å². The molecule has 2 heterocycles. The standard InChI is InChI=1S/C10H14N6O/c1-15-8(2-4-13-15)3-6-16-7-5-12-10(16)9(11)14-17/h2,4-5,7,17H,3,6H2,1H3,(H2,11,14). The molecular weight excluding hydrogens is 220 g/mol. The molecule has 0 spiro atoms. The van der Waals surface area contributed by atoms with Gasteiger partial charge in [-0.15, -0.1) is 0 Å². The molecule has 0 radical (unpaired) electrons. The average molecular weight is 234 g/mol. The SMILES string of the molecule is Cn1nccc1CCn1ccnc1/C(N)=N/O. The van der Waals surface area contributed by atoms with E-state index in [0.717, 1.165) is 12.1 Å². The Hall–Kier alpha value is -2.31. The van der Waals surface area contributed by atoms with Gasteiger partial charge in [-0.1, -0.05) is 5.16 Å². The lowest BCUT2D eigenvalue weighted by Crippen LogP contribution is -2.20. The van der Waals surface area contributed by atoms with Crippen molar-refractivity contribution < 1.29 is 5.21 Å². The van der Waals surface area contributed by atoms with Gasteiger partial charge < -0.3 is 15.5 Å². The first-order chi connectivity index (χ1) is 8.22. The Morgan fingerprint density at radius 2 is 2.35 bits per heavy atom. The van der Waals surface area contributed by atoms with E-state index < -0.39 is 0 Å². The summed E-state index contributed by atoms with van der Waals surface area (Å²) < 4.78 is 3.65. The molecule has 2 aromatic heterocycles. The van der Waals surface area contributed by atoms with E-state index in [9.17, 15) is 0 Å². The Kier molecular flexibility index (Phi) is 3.08. The molecule has 0 bridgehead atoms. The highest BCUT2D eigenvalue weighted by Crippen LogP contribution is 2.03. The summed E-state index contributed by atoms with van der Waals surface area (Å²) in [7, 11) is 1.90. The van der Waals surface area contributed by atoms with Crippen LogP contribution in [0.25, 0.3) is 0 Å². The summed E-state index contributed by atoms with van der Waals surface area (Å²) in [6.07, 6.45) is 5.98. The molecule has 0 saturated heterocycles. The number of nitrogens with two attached hydrogens (primary N) is 1. The van der Waals surface area contributed by atoms with E-state index in [1.807, 2.05) is 22.4 Å². The van der Waals surface area contributed by atoms with E-state index in [2.05, 4.69) is 15.2 Å².